The Hall–Kier alpha value is -3.67. The van der Waals surface area contributed by atoms with Gasteiger partial charge in [0.05, 0.1) is 0 Å². The van der Waals surface area contributed by atoms with E-state index >= 15 is 0 Å². The van der Waals surface area contributed by atoms with E-state index < -0.39 is 11.7 Å². The molecule has 0 unspecified atom stereocenters. The predicted octanol–water partition coefficient (Wildman–Crippen LogP) is 4.52. The molecule has 2 N–H and O–H groups in total. The smallest absolute Gasteiger partial charge is 0.255 e. The molecule has 0 atom stereocenters. The van der Waals surface area contributed by atoms with Crippen molar-refractivity contribution in [2.45, 2.75) is 25.4 Å². The second-order valence-corrected chi connectivity index (χ2v) is 7.94. The molecule has 1 aliphatic rings. The molecule has 1 heterocycles. The van der Waals surface area contributed by atoms with Gasteiger partial charge in [0.1, 0.15) is 23.7 Å². The number of ether oxygens (including phenoxy) is 1. The van der Waals surface area contributed by atoms with Crippen LogP contribution in [0.5, 0.6) is 5.75 Å². The van der Waals surface area contributed by atoms with Crippen LogP contribution in [0.2, 0.25) is 0 Å². The summed E-state index contributed by atoms with van der Waals surface area (Å²) in [6.07, 6.45) is 1.91. The molecular formula is C26H25FN2O3. The van der Waals surface area contributed by atoms with Crippen LogP contribution >= 0.6 is 0 Å². The zero-order valence-corrected chi connectivity index (χ0v) is 17.7. The molecule has 5 nitrogen and oxygen atoms in total. The highest BCUT2D eigenvalue weighted by Crippen LogP contribution is 2.28. The summed E-state index contributed by atoms with van der Waals surface area (Å²) in [5.41, 5.74) is 7.73. The minimum absolute atomic E-state index is 0.0186. The van der Waals surface area contributed by atoms with Crippen LogP contribution in [-0.4, -0.2) is 29.8 Å². The summed E-state index contributed by atoms with van der Waals surface area (Å²) in [6, 6.07) is 21.7. The quantitative estimate of drug-likeness (QED) is 0.622. The molecule has 0 spiro atoms. The fraction of sp³-hybridized carbons (Fsp3) is 0.231. The van der Waals surface area contributed by atoms with Crippen LogP contribution in [0.1, 0.15) is 50.6 Å². The summed E-state index contributed by atoms with van der Waals surface area (Å²) < 4.78 is 19.4. The molecule has 0 aromatic heterocycles. The largest absolute Gasteiger partial charge is 0.488 e. The van der Waals surface area contributed by atoms with Gasteiger partial charge in [0.2, 0.25) is 0 Å². The van der Waals surface area contributed by atoms with Crippen LogP contribution in [0, 0.1) is 5.82 Å². The Morgan fingerprint density at radius 3 is 2.28 bits per heavy atom. The number of carbonyl (C=O) groups is 2. The number of primary amides is 1. The monoisotopic (exact) mass is 432 g/mol. The van der Waals surface area contributed by atoms with E-state index in [9.17, 15) is 14.0 Å². The van der Waals surface area contributed by atoms with Gasteiger partial charge in [0.15, 0.2) is 0 Å². The third-order valence-electron chi connectivity index (χ3n) is 5.87. The van der Waals surface area contributed by atoms with E-state index in [1.54, 1.807) is 24.3 Å². The summed E-state index contributed by atoms with van der Waals surface area (Å²) in [4.78, 5) is 26.3. The number of benzene rings is 3. The van der Waals surface area contributed by atoms with E-state index in [0.29, 0.717) is 11.5 Å². The van der Waals surface area contributed by atoms with E-state index in [0.717, 1.165) is 37.6 Å². The Kier molecular flexibility index (Phi) is 6.50. The van der Waals surface area contributed by atoms with Gasteiger partial charge in [0, 0.05) is 18.7 Å². The number of nitrogens with zero attached hydrogens (tertiary/aromatic N) is 1. The van der Waals surface area contributed by atoms with Gasteiger partial charge in [-0.1, -0.05) is 48.5 Å². The Balaban J connectivity index is 1.35. The zero-order chi connectivity index (χ0) is 22.5. The number of hydrogen-bond donors (Lipinski definition) is 1. The minimum Gasteiger partial charge on any atom is -0.488 e. The molecule has 1 saturated heterocycles. The number of halogens is 1. The first-order chi connectivity index (χ1) is 15.5. The second kappa shape index (κ2) is 9.64. The Bertz CT molecular complexity index is 1090. The van der Waals surface area contributed by atoms with E-state index in [-0.39, 0.29) is 23.8 Å². The summed E-state index contributed by atoms with van der Waals surface area (Å²) in [5.74, 6) is -0.987. The highest BCUT2D eigenvalue weighted by atomic mass is 19.1. The molecule has 1 fully saturated rings. The van der Waals surface area contributed by atoms with Gasteiger partial charge in [-0.2, -0.15) is 0 Å². The van der Waals surface area contributed by atoms with Crippen molar-refractivity contribution >= 4 is 11.8 Å². The maximum absolute atomic E-state index is 13.8. The highest BCUT2D eigenvalue weighted by molar-refractivity contribution is 5.96. The molecule has 4 rings (SSSR count). The molecule has 2 amide bonds. The normalized spacial score (nSPS) is 14.2. The average Bonchev–Trinajstić information content (AvgIpc) is 2.83. The fourth-order valence-electron chi connectivity index (χ4n) is 4.09. The molecule has 1 aliphatic heterocycles. The molecule has 164 valence electrons. The number of carbonyl (C=O) groups excluding carboxylic acids is 2. The molecule has 32 heavy (non-hydrogen) atoms. The molecule has 0 saturated carbocycles. The van der Waals surface area contributed by atoms with Gasteiger partial charge in [0.25, 0.3) is 11.8 Å². The second-order valence-electron chi connectivity index (χ2n) is 7.94. The zero-order valence-electron chi connectivity index (χ0n) is 17.7. The topological polar surface area (TPSA) is 72.6 Å². The molecule has 0 bridgehead atoms. The maximum atomic E-state index is 13.8. The first kappa shape index (κ1) is 21.6. The summed E-state index contributed by atoms with van der Waals surface area (Å²) in [5, 5.41) is 0. The molecule has 0 radical (unpaired) electrons. The third-order valence-corrected chi connectivity index (χ3v) is 5.87. The Labute approximate surface area is 186 Å². The maximum Gasteiger partial charge on any atom is 0.255 e. The van der Waals surface area contributed by atoms with Crippen molar-refractivity contribution in [3.05, 3.63) is 101 Å². The van der Waals surface area contributed by atoms with Crippen molar-refractivity contribution in [3.63, 3.8) is 0 Å². The summed E-state index contributed by atoms with van der Waals surface area (Å²) in [7, 11) is 0. The lowest BCUT2D eigenvalue weighted by Gasteiger charge is -2.32. The number of hydrogen-bond acceptors (Lipinski definition) is 3. The number of nitrogens with two attached hydrogens (primary N) is 1. The van der Waals surface area contributed by atoms with Crippen LogP contribution < -0.4 is 10.5 Å². The van der Waals surface area contributed by atoms with Crippen molar-refractivity contribution in [1.29, 1.82) is 0 Å². The van der Waals surface area contributed by atoms with Gasteiger partial charge < -0.3 is 15.4 Å². The van der Waals surface area contributed by atoms with Crippen molar-refractivity contribution in [3.8, 4) is 5.75 Å². The lowest BCUT2D eigenvalue weighted by atomic mass is 9.89. The predicted molar refractivity (Wildman–Crippen MR) is 120 cm³/mol. The van der Waals surface area contributed by atoms with E-state index in [1.165, 1.54) is 17.7 Å². The Morgan fingerprint density at radius 2 is 1.62 bits per heavy atom. The van der Waals surface area contributed by atoms with E-state index in [4.69, 9.17) is 10.5 Å². The molecule has 6 heteroatoms. The van der Waals surface area contributed by atoms with Gasteiger partial charge in [-0.25, -0.2) is 4.39 Å². The highest BCUT2D eigenvalue weighted by Gasteiger charge is 2.24. The molecule has 3 aromatic carbocycles. The third kappa shape index (κ3) is 4.80. The van der Waals surface area contributed by atoms with Crippen molar-refractivity contribution in [2.75, 3.05) is 13.1 Å². The first-order valence-corrected chi connectivity index (χ1v) is 10.7. The lowest BCUT2D eigenvalue weighted by Crippen LogP contribution is -2.37. The number of rotatable bonds is 6. The fourth-order valence-corrected chi connectivity index (χ4v) is 4.09. The van der Waals surface area contributed by atoms with Crippen molar-refractivity contribution in [1.82, 2.24) is 4.90 Å². The lowest BCUT2D eigenvalue weighted by molar-refractivity contribution is 0.0712. The number of piperidine rings is 1. The van der Waals surface area contributed by atoms with Crippen LogP contribution in [0.25, 0.3) is 0 Å². The van der Waals surface area contributed by atoms with Crippen LogP contribution in [-0.2, 0) is 6.61 Å². The van der Waals surface area contributed by atoms with Crippen LogP contribution in [0.15, 0.2) is 72.8 Å². The summed E-state index contributed by atoms with van der Waals surface area (Å²) in [6.45, 7) is 1.60. The van der Waals surface area contributed by atoms with Gasteiger partial charge in [-0.15, -0.1) is 0 Å². The molecule has 3 aromatic rings. The number of amides is 2. The number of likely N-dealkylation sites (tertiary alicyclic amines) is 1. The average molecular weight is 432 g/mol. The molecule has 0 aliphatic carbocycles. The van der Waals surface area contributed by atoms with E-state index in [2.05, 4.69) is 24.3 Å². The molecular weight excluding hydrogens is 407 g/mol. The first-order valence-electron chi connectivity index (χ1n) is 10.7. The summed E-state index contributed by atoms with van der Waals surface area (Å²) >= 11 is 0. The van der Waals surface area contributed by atoms with Gasteiger partial charge in [-0.05, 0) is 54.2 Å². The SMILES string of the molecule is NC(=O)c1c(F)cccc1OCc1ccc(C(=O)N2CCC(c3ccccc3)CC2)cc1. The standard InChI is InChI=1S/C26H25FN2O3/c27-22-7-4-8-23(24(22)25(28)30)32-17-18-9-11-21(12-10-18)26(31)29-15-13-20(14-16-29)19-5-2-1-3-6-19/h1-12,20H,13-17H2,(H2,28,30). The van der Waals surface area contributed by atoms with E-state index in [1.807, 2.05) is 11.0 Å². The van der Waals surface area contributed by atoms with Gasteiger partial charge >= 0.3 is 0 Å². The van der Waals surface area contributed by atoms with Crippen LogP contribution in [0.3, 0.4) is 0 Å². The Morgan fingerprint density at radius 1 is 0.938 bits per heavy atom. The van der Waals surface area contributed by atoms with Crippen molar-refractivity contribution in [2.24, 2.45) is 5.73 Å². The van der Waals surface area contributed by atoms with Gasteiger partial charge in [-0.3, -0.25) is 9.59 Å². The van der Waals surface area contributed by atoms with Crippen molar-refractivity contribution < 1.29 is 18.7 Å². The van der Waals surface area contributed by atoms with Crippen LogP contribution in [0.4, 0.5) is 4.39 Å². The minimum atomic E-state index is -0.880.